The summed E-state index contributed by atoms with van der Waals surface area (Å²) in [6, 6.07) is 5.77. The van der Waals surface area contributed by atoms with Crippen molar-refractivity contribution in [3.05, 3.63) is 40.4 Å². The van der Waals surface area contributed by atoms with Crippen molar-refractivity contribution in [1.82, 2.24) is 10.2 Å². The lowest BCUT2D eigenvalue weighted by Crippen LogP contribution is -2.45. The van der Waals surface area contributed by atoms with Gasteiger partial charge in [0, 0.05) is 36.7 Å². The summed E-state index contributed by atoms with van der Waals surface area (Å²) in [5, 5.41) is 13.1. The van der Waals surface area contributed by atoms with E-state index in [0.717, 1.165) is 42.6 Å². The van der Waals surface area contributed by atoms with Crippen molar-refractivity contribution < 1.29 is 5.11 Å². The number of hydrogen-bond acceptors (Lipinski definition) is 3. The summed E-state index contributed by atoms with van der Waals surface area (Å²) in [4.78, 5) is 2.46. The Bertz CT molecular complexity index is 455. The van der Waals surface area contributed by atoms with Crippen LogP contribution in [0, 0.1) is 0 Å². The van der Waals surface area contributed by atoms with Gasteiger partial charge in [0.05, 0.1) is 0 Å². The molecule has 1 saturated heterocycles. The highest BCUT2D eigenvalue weighted by Crippen LogP contribution is 2.34. The molecule has 2 rings (SSSR count). The van der Waals surface area contributed by atoms with E-state index in [1.165, 1.54) is 5.57 Å². The minimum Gasteiger partial charge on any atom is -0.508 e. The lowest BCUT2D eigenvalue weighted by Gasteiger charge is -2.36. The second kappa shape index (κ2) is 6.55. The maximum Gasteiger partial charge on any atom is 0.115 e. The number of benzene rings is 1. The number of rotatable bonds is 4. The average Bonchev–Trinajstić information content (AvgIpc) is 2.40. The molecule has 0 aromatic heterocycles. The number of halogens is 1. The molecule has 19 heavy (non-hydrogen) atoms. The van der Waals surface area contributed by atoms with Gasteiger partial charge in [-0.2, -0.15) is 0 Å². The van der Waals surface area contributed by atoms with Crippen molar-refractivity contribution in [2.45, 2.75) is 19.4 Å². The second-order valence-corrected chi connectivity index (χ2v) is 6.02. The molecular weight excluding hydrogens is 304 g/mol. The van der Waals surface area contributed by atoms with Gasteiger partial charge in [-0.3, -0.25) is 4.90 Å². The monoisotopic (exact) mass is 324 g/mol. The molecule has 4 heteroatoms. The van der Waals surface area contributed by atoms with Gasteiger partial charge in [0.25, 0.3) is 0 Å². The number of phenols is 1. The zero-order chi connectivity index (χ0) is 13.8. The lowest BCUT2D eigenvalue weighted by molar-refractivity contribution is 0.171. The molecule has 0 spiro atoms. The first-order valence-electron chi connectivity index (χ1n) is 6.65. The SMILES string of the molecule is C=C(C)C[C@@H](c1cc(O)ccc1Br)N1CCNCC1. The number of nitrogens with zero attached hydrogens (tertiary/aromatic N) is 1. The number of hydrogen-bond donors (Lipinski definition) is 2. The van der Waals surface area contributed by atoms with E-state index in [4.69, 9.17) is 0 Å². The van der Waals surface area contributed by atoms with Gasteiger partial charge in [-0.15, -0.1) is 6.58 Å². The van der Waals surface area contributed by atoms with Gasteiger partial charge in [-0.05, 0) is 37.1 Å². The summed E-state index contributed by atoms with van der Waals surface area (Å²) in [5.74, 6) is 0.319. The molecule has 0 radical (unpaired) electrons. The Morgan fingerprint density at radius 1 is 1.47 bits per heavy atom. The molecule has 1 heterocycles. The van der Waals surface area contributed by atoms with Crippen LogP contribution in [0.15, 0.2) is 34.8 Å². The van der Waals surface area contributed by atoms with E-state index in [2.05, 4.69) is 39.6 Å². The highest BCUT2D eigenvalue weighted by molar-refractivity contribution is 9.10. The third kappa shape index (κ3) is 3.81. The zero-order valence-corrected chi connectivity index (χ0v) is 12.9. The average molecular weight is 325 g/mol. The van der Waals surface area contributed by atoms with Crippen LogP contribution < -0.4 is 5.32 Å². The number of nitrogens with one attached hydrogen (secondary N) is 1. The van der Waals surface area contributed by atoms with Gasteiger partial charge in [-0.25, -0.2) is 0 Å². The maximum atomic E-state index is 9.74. The quantitative estimate of drug-likeness (QED) is 0.835. The van der Waals surface area contributed by atoms with E-state index in [-0.39, 0.29) is 6.04 Å². The van der Waals surface area contributed by atoms with Crippen molar-refractivity contribution in [2.24, 2.45) is 0 Å². The van der Waals surface area contributed by atoms with Crippen LogP contribution in [-0.2, 0) is 0 Å². The molecule has 2 N–H and O–H groups in total. The van der Waals surface area contributed by atoms with E-state index in [1.807, 2.05) is 12.1 Å². The molecule has 1 atom stereocenters. The topological polar surface area (TPSA) is 35.5 Å². The van der Waals surface area contributed by atoms with E-state index in [9.17, 15) is 5.11 Å². The van der Waals surface area contributed by atoms with E-state index in [0.29, 0.717) is 5.75 Å². The minimum absolute atomic E-state index is 0.279. The summed E-state index contributed by atoms with van der Waals surface area (Å²) in [6.07, 6.45) is 0.919. The van der Waals surface area contributed by atoms with Gasteiger partial charge >= 0.3 is 0 Å². The van der Waals surface area contributed by atoms with Gasteiger partial charge in [0.2, 0.25) is 0 Å². The Morgan fingerprint density at radius 2 is 2.16 bits per heavy atom. The third-order valence-electron chi connectivity index (χ3n) is 3.47. The fraction of sp³-hybridized carbons (Fsp3) is 0.467. The number of phenolic OH excluding ortho intramolecular Hbond substituents is 1. The first-order valence-corrected chi connectivity index (χ1v) is 7.45. The first kappa shape index (κ1) is 14.6. The van der Waals surface area contributed by atoms with Crippen LogP contribution in [0.4, 0.5) is 0 Å². The molecule has 0 aliphatic carbocycles. The molecule has 1 aliphatic heterocycles. The molecule has 1 aromatic rings. The Hall–Kier alpha value is -0.840. The minimum atomic E-state index is 0.279. The fourth-order valence-corrected chi connectivity index (χ4v) is 3.06. The zero-order valence-electron chi connectivity index (χ0n) is 11.3. The normalized spacial score (nSPS) is 18.2. The second-order valence-electron chi connectivity index (χ2n) is 5.17. The highest BCUT2D eigenvalue weighted by atomic mass is 79.9. The molecule has 1 aromatic carbocycles. The van der Waals surface area contributed by atoms with E-state index < -0.39 is 0 Å². The largest absolute Gasteiger partial charge is 0.508 e. The molecule has 0 bridgehead atoms. The Labute approximate surface area is 123 Å². The van der Waals surface area contributed by atoms with Crippen LogP contribution in [-0.4, -0.2) is 36.2 Å². The molecule has 104 valence electrons. The highest BCUT2D eigenvalue weighted by Gasteiger charge is 2.24. The van der Waals surface area contributed by atoms with E-state index >= 15 is 0 Å². The van der Waals surface area contributed by atoms with E-state index in [1.54, 1.807) is 6.07 Å². The third-order valence-corrected chi connectivity index (χ3v) is 4.19. The summed E-state index contributed by atoms with van der Waals surface area (Å²) in [5.41, 5.74) is 2.31. The van der Waals surface area contributed by atoms with Crippen molar-refractivity contribution in [2.75, 3.05) is 26.2 Å². The molecular formula is C15H21BrN2O. The van der Waals surface area contributed by atoms with Gasteiger partial charge in [0.1, 0.15) is 5.75 Å². The lowest BCUT2D eigenvalue weighted by atomic mass is 9.97. The predicted octanol–water partition coefficient (Wildman–Crippen LogP) is 3.07. The maximum absolute atomic E-state index is 9.74. The van der Waals surface area contributed by atoms with Crippen LogP contribution in [0.2, 0.25) is 0 Å². The summed E-state index contributed by atoms with van der Waals surface area (Å²) in [6.45, 7) is 10.2. The molecule has 1 aliphatic rings. The molecule has 0 unspecified atom stereocenters. The first-order chi connectivity index (χ1) is 9.08. The van der Waals surface area contributed by atoms with Crippen molar-refractivity contribution in [1.29, 1.82) is 0 Å². The van der Waals surface area contributed by atoms with Gasteiger partial charge < -0.3 is 10.4 Å². The van der Waals surface area contributed by atoms with Crippen molar-refractivity contribution in [3.63, 3.8) is 0 Å². The smallest absolute Gasteiger partial charge is 0.115 e. The van der Waals surface area contributed by atoms with Crippen LogP contribution in [0.25, 0.3) is 0 Å². The summed E-state index contributed by atoms with van der Waals surface area (Å²) >= 11 is 3.60. The van der Waals surface area contributed by atoms with Crippen LogP contribution in [0.1, 0.15) is 24.9 Å². The predicted molar refractivity (Wildman–Crippen MR) is 82.4 cm³/mol. The number of piperazine rings is 1. The van der Waals surface area contributed by atoms with Crippen molar-refractivity contribution >= 4 is 15.9 Å². The van der Waals surface area contributed by atoms with Gasteiger partial charge in [0.15, 0.2) is 0 Å². The fourth-order valence-electron chi connectivity index (χ4n) is 2.55. The molecule has 1 fully saturated rings. The molecule has 0 saturated carbocycles. The molecule has 0 amide bonds. The van der Waals surface area contributed by atoms with Crippen LogP contribution in [0.5, 0.6) is 5.75 Å². The Balaban J connectivity index is 2.29. The standard InChI is InChI=1S/C15H21BrN2O/c1-11(2)9-15(18-7-5-17-6-8-18)13-10-12(19)3-4-14(13)16/h3-4,10,15,17,19H,1,5-9H2,2H3/t15-/m0/s1. The van der Waals surface area contributed by atoms with Crippen LogP contribution in [0.3, 0.4) is 0 Å². The van der Waals surface area contributed by atoms with Crippen LogP contribution >= 0.6 is 15.9 Å². The summed E-state index contributed by atoms with van der Waals surface area (Å²) < 4.78 is 1.05. The summed E-state index contributed by atoms with van der Waals surface area (Å²) in [7, 11) is 0. The molecule has 3 nitrogen and oxygen atoms in total. The van der Waals surface area contributed by atoms with Crippen molar-refractivity contribution in [3.8, 4) is 5.75 Å². The number of aromatic hydroxyl groups is 1. The Kier molecular flexibility index (Phi) is 5.02. The van der Waals surface area contributed by atoms with Gasteiger partial charge in [-0.1, -0.05) is 21.5 Å². The Morgan fingerprint density at radius 3 is 2.79 bits per heavy atom.